The fraction of sp³-hybridized carbons (Fsp3) is 0.353. The summed E-state index contributed by atoms with van der Waals surface area (Å²) in [6.45, 7) is 4.02. The molecule has 0 saturated carbocycles. The van der Waals surface area contributed by atoms with Crippen LogP contribution >= 0.6 is 0 Å². The fourth-order valence-electron chi connectivity index (χ4n) is 2.30. The number of methoxy groups -OCH3 is 1. The van der Waals surface area contributed by atoms with Crippen molar-refractivity contribution >= 4 is 11.4 Å². The van der Waals surface area contributed by atoms with E-state index < -0.39 is 0 Å². The monoisotopic (exact) mass is 285 g/mol. The maximum Gasteiger partial charge on any atom is 0.142 e. The number of para-hydroxylation sites is 2. The molecule has 0 spiro atoms. The summed E-state index contributed by atoms with van der Waals surface area (Å²) in [7, 11) is 3.73. The zero-order valence-corrected chi connectivity index (χ0v) is 13.0. The van der Waals surface area contributed by atoms with E-state index in [1.807, 2.05) is 37.6 Å². The summed E-state index contributed by atoms with van der Waals surface area (Å²) in [5.41, 5.74) is 3.35. The average molecular weight is 285 g/mol. The number of benzene rings is 1. The van der Waals surface area contributed by atoms with Crippen LogP contribution in [0.25, 0.3) is 0 Å². The lowest BCUT2D eigenvalue weighted by molar-refractivity contribution is 0.415. The van der Waals surface area contributed by atoms with Gasteiger partial charge < -0.3 is 15.0 Å². The highest BCUT2D eigenvalue weighted by molar-refractivity contribution is 5.70. The molecule has 1 aromatic carbocycles. The molecule has 0 aliphatic carbocycles. The first kappa shape index (κ1) is 15.3. The molecule has 0 unspecified atom stereocenters. The van der Waals surface area contributed by atoms with Crippen LogP contribution in [0.4, 0.5) is 11.4 Å². The van der Waals surface area contributed by atoms with Crippen LogP contribution in [0.3, 0.4) is 0 Å². The van der Waals surface area contributed by atoms with Crippen LogP contribution in [0.5, 0.6) is 5.75 Å². The highest BCUT2D eigenvalue weighted by Crippen LogP contribution is 2.33. The predicted octanol–water partition coefficient (Wildman–Crippen LogP) is 3.36. The molecule has 2 aromatic rings. The van der Waals surface area contributed by atoms with E-state index in [4.69, 9.17) is 4.74 Å². The molecule has 0 atom stereocenters. The minimum atomic E-state index is 0.838. The molecular weight excluding hydrogens is 262 g/mol. The Labute approximate surface area is 126 Å². The molecule has 112 valence electrons. The topological polar surface area (TPSA) is 37.4 Å². The Morgan fingerprint density at radius 3 is 2.76 bits per heavy atom. The first-order chi connectivity index (χ1) is 10.3. The van der Waals surface area contributed by atoms with Crippen LogP contribution in [0.15, 0.2) is 42.7 Å². The third-order valence-electron chi connectivity index (χ3n) is 3.44. The van der Waals surface area contributed by atoms with E-state index in [9.17, 15) is 0 Å². The molecular formula is C17H23N3O. The summed E-state index contributed by atoms with van der Waals surface area (Å²) in [6.07, 6.45) is 4.86. The maximum absolute atomic E-state index is 5.45. The number of anilines is 2. The summed E-state index contributed by atoms with van der Waals surface area (Å²) >= 11 is 0. The van der Waals surface area contributed by atoms with Crippen LogP contribution in [0, 0.1) is 0 Å². The maximum atomic E-state index is 5.45. The number of ether oxygens (including phenoxy) is 1. The van der Waals surface area contributed by atoms with Gasteiger partial charge in [-0.3, -0.25) is 4.98 Å². The average Bonchev–Trinajstić information content (AvgIpc) is 2.55. The van der Waals surface area contributed by atoms with Gasteiger partial charge in [0.05, 0.1) is 24.7 Å². The van der Waals surface area contributed by atoms with Gasteiger partial charge in [-0.15, -0.1) is 0 Å². The summed E-state index contributed by atoms with van der Waals surface area (Å²) in [5.74, 6) is 0.858. The predicted molar refractivity (Wildman–Crippen MR) is 87.3 cm³/mol. The number of hydrogen-bond donors (Lipinski definition) is 1. The summed E-state index contributed by atoms with van der Waals surface area (Å²) < 4.78 is 5.45. The Hall–Kier alpha value is -2.07. The fourth-order valence-corrected chi connectivity index (χ4v) is 2.30. The van der Waals surface area contributed by atoms with Gasteiger partial charge in [-0.2, -0.15) is 0 Å². The van der Waals surface area contributed by atoms with E-state index in [-0.39, 0.29) is 0 Å². The van der Waals surface area contributed by atoms with Crippen LogP contribution < -0.4 is 15.0 Å². The molecule has 1 N–H and O–H groups in total. The van der Waals surface area contributed by atoms with Crippen molar-refractivity contribution in [1.29, 1.82) is 0 Å². The van der Waals surface area contributed by atoms with Crippen molar-refractivity contribution in [1.82, 2.24) is 10.3 Å². The van der Waals surface area contributed by atoms with Gasteiger partial charge in [-0.1, -0.05) is 19.1 Å². The van der Waals surface area contributed by atoms with Crippen molar-refractivity contribution in [2.45, 2.75) is 19.9 Å². The van der Waals surface area contributed by atoms with Crippen LogP contribution in [-0.2, 0) is 6.54 Å². The van der Waals surface area contributed by atoms with Crippen LogP contribution in [0.1, 0.15) is 18.9 Å². The quantitative estimate of drug-likeness (QED) is 0.792. The van der Waals surface area contributed by atoms with Crippen molar-refractivity contribution in [2.75, 3.05) is 25.6 Å². The van der Waals surface area contributed by atoms with E-state index in [2.05, 4.69) is 34.3 Å². The second-order valence-corrected chi connectivity index (χ2v) is 4.91. The number of nitrogens with zero attached hydrogens (tertiary/aromatic N) is 2. The molecule has 21 heavy (non-hydrogen) atoms. The van der Waals surface area contributed by atoms with E-state index in [0.717, 1.165) is 36.6 Å². The van der Waals surface area contributed by atoms with E-state index in [1.165, 1.54) is 5.56 Å². The smallest absolute Gasteiger partial charge is 0.142 e. The Kier molecular flexibility index (Phi) is 5.58. The van der Waals surface area contributed by atoms with Crippen LogP contribution in [0.2, 0.25) is 0 Å². The lowest BCUT2D eigenvalue weighted by atomic mass is 10.2. The van der Waals surface area contributed by atoms with Gasteiger partial charge in [0, 0.05) is 19.8 Å². The standard InChI is InChI=1S/C17H23N3O/c1-4-10-18-12-14-9-11-19-13-16(14)20(2)15-7-5-6-8-17(15)21-3/h5-9,11,13,18H,4,10,12H2,1-3H3. The summed E-state index contributed by atoms with van der Waals surface area (Å²) in [5, 5.41) is 3.44. The Balaban J connectivity index is 2.28. The van der Waals surface area contributed by atoms with E-state index in [0.29, 0.717) is 0 Å². The third-order valence-corrected chi connectivity index (χ3v) is 3.44. The second kappa shape index (κ2) is 7.64. The Morgan fingerprint density at radius 1 is 1.19 bits per heavy atom. The van der Waals surface area contributed by atoms with E-state index in [1.54, 1.807) is 7.11 Å². The Bertz CT molecular complexity index is 571. The number of pyridine rings is 1. The van der Waals surface area contributed by atoms with Gasteiger partial charge in [-0.05, 0) is 36.7 Å². The molecule has 0 radical (unpaired) electrons. The summed E-state index contributed by atoms with van der Waals surface area (Å²) in [4.78, 5) is 6.39. The number of aromatic nitrogens is 1. The zero-order valence-electron chi connectivity index (χ0n) is 13.0. The van der Waals surface area contributed by atoms with Crippen molar-refractivity contribution in [2.24, 2.45) is 0 Å². The highest BCUT2D eigenvalue weighted by atomic mass is 16.5. The van der Waals surface area contributed by atoms with Gasteiger partial charge in [0.2, 0.25) is 0 Å². The SMILES string of the molecule is CCCNCc1ccncc1N(C)c1ccccc1OC. The molecule has 2 rings (SSSR count). The molecule has 0 aliphatic rings. The van der Waals surface area contributed by atoms with E-state index >= 15 is 0 Å². The molecule has 1 aromatic heterocycles. The van der Waals surface area contributed by atoms with Crippen molar-refractivity contribution in [3.63, 3.8) is 0 Å². The first-order valence-corrected chi connectivity index (χ1v) is 7.28. The second-order valence-electron chi connectivity index (χ2n) is 4.91. The largest absolute Gasteiger partial charge is 0.495 e. The molecule has 0 saturated heterocycles. The molecule has 0 fully saturated rings. The number of hydrogen-bond acceptors (Lipinski definition) is 4. The molecule has 1 heterocycles. The molecule has 0 amide bonds. The van der Waals surface area contributed by atoms with Gasteiger partial charge in [-0.25, -0.2) is 0 Å². The molecule has 0 bridgehead atoms. The zero-order chi connectivity index (χ0) is 15.1. The molecule has 4 heteroatoms. The molecule has 4 nitrogen and oxygen atoms in total. The van der Waals surface area contributed by atoms with Gasteiger partial charge in [0.1, 0.15) is 5.75 Å². The van der Waals surface area contributed by atoms with Crippen molar-refractivity contribution < 1.29 is 4.74 Å². The van der Waals surface area contributed by atoms with Gasteiger partial charge in [0.25, 0.3) is 0 Å². The molecule has 0 aliphatic heterocycles. The van der Waals surface area contributed by atoms with Crippen molar-refractivity contribution in [3.05, 3.63) is 48.3 Å². The minimum absolute atomic E-state index is 0.838. The van der Waals surface area contributed by atoms with Crippen molar-refractivity contribution in [3.8, 4) is 5.75 Å². The minimum Gasteiger partial charge on any atom is -0.495 e. The number of nitrogens with one attached hydrogen (secondary N) is 1. The summed E-state index contributed by atoms with van der Waals surface area (Å²) in [6, 6.07) is 10.1. The van der Waals surface area contributed by atoms with Gasteiger partial charge >= 0.3 is 0 Å². The normalized spacial score (nSPS) is 10.4. The third kappa shape index (κ3) is 3.73. The lowest BCUT2D eigenvalue weighted by Crippen LogP contribution is -2.18. The first-order valence-electron chi connectivity index (χ1n) is 7.28. The number of rotatable bonds is 7. The Morgan fingerprint density at radius 2 is 2.00 bits per heavy atom. The highest BCUT2D eigenvalue weighted by Gasteiger charge is 2.12. The van der Waals surface area contributed by atoms with Crippen LogP contribution in [-0.4, -0.2) is 25.7 Å². The lowest BCUT2D eigenvalue weighted by Gasteiger charge is -2.24. The van der Waals surface area contributed by atoms with Gasteiger partial charge in [0.15, 0.2) is 0 Å².